The van der Waals surface area contributed by atoms with Gasteiger partial charge in [0.25, 0.3) is 5.91 Å². The van der Waals surface area contributed by atoms with E-state index in [1.165, 1.54) is 5.56 Å². The van der Waals surface area contributed by atoms with Gasteiger partial charge in [-0.2, -0.15) is 0 Å². The van der Waals surface area contributed by atoms with Gasteiger partial charge in [0.05, 0.1) is 0 Å². The predicted octanol–water partition coefficient (Wildman–Crippen LogP) is 1.92. The van der Waals surface area contributed by atoms with Crippen molar-refractivity contribution in [1.29, 1.82) is 0 Å². The van der Waals surface area contributed by atoms with Crippen molar-refractivity contribution in [2.45, 2.75) is 39.5 Å². The summed E-state index contributed by atoms with van der Waals surface area (Å²) in [6.45, 7) is 7.96. The number of benzene rings is 1. The zero-order valence-corrected chi connectivity index (χ0v) is 12.4. The van der Waals surface area contributed by atoms with Crippen LogP contribution in [0.1, 0.15) is 39.7 Å². The van der Waals surface area contributed by atoms with Crippen LogP contribution in [0, 0.1) is 0 Å². The molecule has 0 radical (unpaired) electrons. The Morgan fingerprint density at radius 3 is 2.10 bits per heavy atom. The molecule has 1 aromatic carbocycles. The molecule has 0 saturated heterocycles. The standard InChI is InChI=1S/C15H22N2O3/c1-5-13(18)16-17-14(19)10-20-12-8-6-11(7-9-12)15(2,3)4/h6-9H,5,10H2,1-4H3,(H,16,18)(H,17,19). The van der Waals surface area contributed by atoms with E-state index in [0.29, 0.717) is 12.2 Å². The zero-order valence-electron chi connectivity index (χ0n) is 12.4. The van der Waals surface area contributed by atoms with Gasteiger partial charge in [-0.05, 0) is 23.1 Å². The van der Waals surface area contributed by atoms with E-state index in [1.807, 2.05) is 24.3 Å². The molecule has 2 N–H and O–H groups in total. The van der Waals surface area contributed by atoms with Gasteiger partial charge in [0.2, 0.25) is 5.91 Å². The van der Waals surface area contributed by atoms with Crippen molar-refractivity contribution >= 4 is 11.8 Å². The summed E-state index contributed by atoms with van der Waals surface area (Å²) in [6.07, 6.45) is 0.315. The van der Waals surface area contributed by atoms with Gasteiger partial charge in [0, 0.05) is 6.42 Å². The summed E-state index contributed by atoms with van der Waals surface area (Å²) < 4.78 is 5.34. The number of nitrogens with one attached hydrogen (secondary N) is 2. The lowest BCUT2D eigenvalue weighted by atomic mass is 9.87. The molecule has 110 valence electrons. The maximum absolute atomic E-state index is 11.4. The van der Waals surface area contributed by atoms with Crippen LogP contribution < -0.4 is 15.6 Å². The van der Waals surface area contributed by atoms with Gasteiger partial charge in [-0.15, -0.1) is 0 Å². The number of hydrogen-bond donors (Lipinski definition) is 2. The van der Waals surface area contributed by atoms with Crippen LogP contribution in [0.3, 0.4) is 0 Å². The summed E-state index contributed by atoms with van der Waals surface area (Å²) in [5.41, 5.74) is 5.84. The molecule has 20 heavy (non-hydrogen) atoms. The second-order valence-corrected chi connectivity index (χ2v) is 5.51. The molecule has 5 nitrogen and oxygen atoms in total. The number of rotatable bonds is 4. The van der Waals surface area contributed by atoms with Crippen molar-refractivity contribution in [2.75, 3.05) is 6.61 Å². The van der Waals surface area contributed by atoms with Crippen LogP contribution in [0.15, 0.2) is 24.3 Å². The van der Waals surface area contributed by atoms with E-state index >= 15 is 0 Å². The van der Waals surface area contributed by atoms with E-state index in [4.69, 9.17) is 4.74 Å². The Bertz CT molecular complexity index is 461. The molecule has 0 spiro atoms. The van der Waals surface area contributed by atoms with E-state index < -0.39 is 5.91 Å². The number of amides is 2. The first-order chi connectivity index (χ1) is 9.32. The summed E-state index contributed by atoms with van der Waals surface area (Å²) in [6, 6.07) is 7.62. The highest BCUT2D eigenvalue weighted by Crippen LogP contribution is 2.24. The van der Waals surface area contributed by atoms with Crippen molar-refractivity contribution in [1.82, 2.24) is 10.9 Å². The summed E-state index contributed by atoms with van der Waals surface area (Å²) in [5.74, 6) is -0.0189. The van der Waals surface area contributed by atoms with E-state index in [9.17, 15) is 9.59 Å². The molecular formula is C15H22N2O3. The minimum absolute atomic E-state index is 0.0837. The van der Waals surface area contributed by atoms with E-state index in [-0.39, 0.29) is 17.9 Å². The maximum Gasteiger partial charge on any atom is 0.276 e. The Morgan fingerprint density at radius 1 is 1.05 bits per heavy atom. The molecule has 0 unspecified atom stereocenters. The predicted molar refractivity (Wildman–Crippen MR) is 77.2 cm³/mol. The second kappa shape index (κ2) is 6.93. The topological polar surface area (TPSA) is 67.4 Å². The molecule has 0 aliphatic heterocycles. The van der Waals surface area contributed by atoms with Crippen LogP contribution in [-0.2, 0) is 15.0 Å². The van der Waals surface area contributed by atoms with Crippen molar-refractivity contribution < 1.29 is 14.3 Å². The van der Waals surface area contributed by atoms with E-state index in [0.717, 1.165) is 0 Å². The minimum atomic E-state index is -0.397. The Balaban J connectivity index is 2.42. The van der Waals surface area contributed by atoms with E-state index in [1.54, 1.807) is 6.92 Å². The number of hydrogen-bond acceptors (Lipinski definition) is 3. The van der Waals surface area contributed by atoms with Crippen LogP contribution in [0.5, 0.6) is 5.75 Å². The summed E-state index contributed by atoms with van der Waals surface area (Å²) in [4.78, 5) is 22.4. The van der Waals surface area contributed by atoms with Crippen LogP contribution in [0.25, 0.3) is 0 Å². The van der Waals surface area contributed by atoms with Gasteiger partial charge in [0.1, 0.15) is 5.75 Å². The van der Waals surface area contributed by atoms with Crippen molar-refractivity contribution in [2.24, 2.45) is 0 Å². The smallest absolute Gasteiger partial charge is 0.276 e. The molecule has 0 fully saturated rings. The Labute approximate surface area is 119 Å². The Morgan fingerprint density at radius 2 is 1.60 bits per heavy atom. The zero-order chi connectivity index (χ0) is 15.2. The van der Waals surface area contributed by atoms with Crippen LogP contribution >= 0.6 is 0 Å². The number of carbonyl (C=O) groups excluding carboxylic acids is 2. The summed E-state index contributed by atoms with van der Waals surface area (Å²) >= 11 is 0. The average molecular weight is 278 g/mol. The maximum atomic E-state index is 11.4. The van der Waals surface area contributed by atoms with Crippen molar-refractivity contribution in [3.05, 3.63) is 29.8 Å². The Kier molecular flexibility index (Phi) is 5.55. The highest BCUT2D eigenvalue weighted by Gasteiger charge is 2.13. The third-order valence-electron chi connectivity index (χ3n) is 2.75. The van der Waals surface area contributed by atoms with Crippen LogP contribution in [0.4, 0.5) is 0 Å². The Hall–Kier alpha value is -2.04. The fourth-order valence-corrected chi connectivity index (χ4v) is 1.46. The SMILES string of the molecule is CCC(=O)NNC(=O)COc1ccc(C(C)(C)C)cc1. The minimum Gasteiger partial charge on any atom is -0.484 e. The largest absolute Gasteiger partial charge is 0.484 e. The van der Waals surface area contributed by atoms with Gasteiger partial charge < -0.3 is 4.74 Å². The molecule has 0 aliphatic carbocycles. The molecule has 1 rings (SSSR count). The third kappa shape index (κ3) is 5.30. The van der Waals surface area contributed by atoms with Gasteiger partial charge in [-0.25, -0.2) is 0 Å². The fourth-order valence-electron chi connectivity index (χ4n) is 1.46. The molecule has 0 aromatic heterocycles. The third-order valence-corrected chi connectivity index (χ3v) is 2.75. The molecule has 1 aromatic rings. The fraction of sp³-hybridized carbons (Fsp3) is 0.467. The highest BCUT2D eigenvalue weighted by atomic mass is 16.5. The molecule has 0 aliphatic rings. The van der Waals surface area contributed by atoms with Crippen LogP contribution in [0.2, 0.25) is 0 Å². The van der Waals surface area contributed by atoms with Crippen LogP contribution in [-0.4, -0.2) is 18.4 Å². The molecule has 2 amide bonds. The molecule has 0 saturated carbocycles. The first-order valence-electron chi connectivity index (χ1n) is 6.64. The highest BCUT2D eigenvalue weighted by molar-refractivity contribution is 5.82. The molecule has 0 atom stereocenters. The number of ether oxygens (including phenoxy) is 1. The lowest BCUT2D eigenvalue weighted by Gasteiger charge is -2.19. The van der Waals surface area contributed by atoms with Crippen molar-refractivity contribution in [3.8, 4) is 5.75 Å². The molecule has 5 heteroatoms. The van der Waals surface area contributed by atoms with Crippen molar-refractivity contribution in [3.63, 3.8) is 0 Å². The van der Waals surface area contributed by atoms with Gasteiger partial charge in [-0.1, -0.05) is 39.8 Å². The summed E-state index contributed by atoms with van der Waals surface area (Å²) in [7, 11) is 0. The molecule has 0 bridgehead atoms. The second-order valence-electron chi connectivity index (χ2n) is 5.51. The first kappa shape index (κ1) is 16.0. The lowest BCUT2D eigenvalue weighted by molar-refractivity contribution is -0.129. The first-order valence-corrected chi connectivity index (χ1v) is 6.64. The number of carbonyl (C=O) groups is 2. The normalized spacial score (nSPS) is 10.8. The molecular weight excluding hydrogens is 256 g/mol. The monoisotopic (exact) mass is 278 g/mol. The number of hydrazine groups is 1. The quantitative estimate of drug-likeness (QED) is 0.827. The molecule has 0 heterocycles. The summed E-state index contributed by atoms with van der Waals surface area (Å²) in [5, 5.41) is 0. The van der Waals surface area contributed by atoms with Gasteiger partial charge >= 0.3 is 0 Å². The van der Waals surface area contributed by atoms with Gasteiger partial charge in [0.15, 0.2) is 6.61 Å². The lowest BCUT2D eigenvalue weighted by Crippen LogP contribution is -2.43. The average Bonchev–Trinajstić information content (AvgIpc) is 2.41. The van der Waals surface area contributed by atoms with E-state index in [2.05, 4.69) is 31.6 Å². The van der Waals surface area contributed by atoms with Gasteiger partial charge in [-0.3, -0.25) is 20.4 Å².